The monoisotopic (exact) mass is 439 g/mol. The Balaban J connectivity index is 1.52. The Hall–Kier alpha value is -2.73. The lowest BCUT2D eigenvalue weighted by Crippen LogP contribution is -2.48. The Morgan fingerprint density at radius 3 is 2.25 bits per heavy atom. The second-order valence-electron chi connectivity index (χ2n) is 9.60. The van der Waals surface area contributed by atoms with Crippen LogP contribution in [0.1, 0.15) is 55.6 Å². The lowest BCUT2D eigenvalue weighted by Gasteiger charge is -2.25. The number of carbonyl (C=O) groups excluding carboxylic acids is 2. The molecule has 0 aliphatic carbocycles. The second kappa shape index (κ2) is 10.3. The van der Waals surface area contributed by atoms with E-state index in [1.165, 1.54) is 12.1 Å². The van der Waals surface area contributed by atoms with Crippen LogP contribution in [-0.2, 0) is 16.8 Å². The van der Waals surface area contributed by atoms with Crippen molar-refractivity contribution in [2.24, 2.45) is 0 Å². The van der Waals surface area contributed by atoms with Gasteiger partial charge in [0.2, 0.25) is 5.91 Å². The van der Waals surface area contributed by atoms with Crippen LogP contribution in [0.25, 0.3) is 0 Å². The molecule has 0 spiro atoms. The number of hydrogen-bond acceptors (Lipinski definition) is 3. The molecule has 0 bridgehead atoms. The molecule has 0 aromatic heterocycles. The number of nitrogens with one attached hydrogen (secondary N) is 1. The Kier molecular flexibility index (Phi) is 7.67. The summed E-state index contributed by atoms with van der Waals surface area (Å²) in [5, 5.41) is 2.85. The van der Waals surface area contributed by atoms with E-state index in [9.17, 15) is 14.0 Å². The predicted molar refractivity (Wildman–Crippen MR) is 125 cm³/mol. The van der Waals surface area contributed by atoms with E-state index in [-0.39, 0.29) is 23.0 Å². The average molecular weight is 440 g/mol. The number of halogens is 1. The molecule has 172 valence electrons. The number of carbonyl (C=O) groups is 2. The van der Waals surface area contributed by atoms with Gasteiger partial charge < -0.3 is 10.2 Å². The Bertz CT molecular complexity index is 920. The Labute approximate surface area is 190 Å². The summed E-state index contributed by atoms with van der Waals surface area (Å²) in [6.45, 7) is 11.8. The molecule has 0 saturated carbocycles. The molecular formula is C26H34FN3O2. The van der Waals surface area contributed by atoms with Crippen molar-refractivity contribution in [1.82, 2.24) is 15.1 Å². The molecule has 32 heavy (non-hydrogen) atoms. The maximum Gasteiger partial charge on any atom is 0.251 e. The highest BCUT2D eigenvalue weighted by molar-refractivity contribution is 5.97. The number of hydrogen-bond donors (Lipinski definition) is 1. The highest BCUT2D eigenvalue weighted by Gasteiger charge is 2.25. The van der Waals surface area contributed by atoms with Crippen molar-refractivity contribution in [2.75, 3.05) is 26.2 Å². The highest BCUT2D eigenvalue weighted by atomic mass is 19.1. The van der Waals surface area contributed by atoms with Gasteiger partial charge in [0.1, 0.15) is 11.9 Å². The molecule has 2 aromatic carbocycles. The van der Waals surface area contributed by atoms with Gasteiger partial charge in [-0.05, 0) is 54.2 Å². The van der Waals surface area contributed by atoms with Crippen LogP contribution in [0.3, 0.4) is 0 Å². The van der Waals surface area contributed by atoms with Crippen LogP contribution < -0.4 is 5.32 Å². The minimum Gasteiger partial charge on any atom is -0.341 e. The molecule has 1 heterocycles. The maximum absolute atomic E-state index is 13.1. The van der Waals surface area contributed by atoms with E-state index in [4.69, 9.17) is 0 Å². The molecule has 1 unspecified atom stereocenters. The molecule has 1 aliphatic rings. The third-order valence-corrected chi connectivity index (χ3v) is 5.95. The van der Waals surface area contributed by atoms with Gasteiger partial charge in [-0.25, -0.2) is 4.39 Å². The fourth-order valence-corrected chi connectivity index (χ4v) is 3.93. The molecule has 0 radical (unpaired) electrons. The van der Waals surface area contributed by atoms with Crippen molar-refractivity contribution in [3.05, 3.63) is 71.0 Å². The van der Waals surface area contributed by atoms with Crippen LogP contribution >= 0.6 is 0 Å². The summed E-state index contributed by atoms with van der Waals surface area (Å²) in [7, 11) is 0. The van der Waals surface area contributed by atoms with Crippen molar-refractivity contribution in [2.45, 2.75) is 52.1 Å². The average Bonchev–Trinajstić information content (AvgIpc) is 2.99. The normalized spacial score (nSPS) is 16.3. The molecule has 1 fully saturated rings. The van der Waals surface area contributed by atoms with Crippen LogP contribution in [0.2, 0.25) is 0 Å². The predicted octanol–water partition coefficient (Wildman–Crippen LogP) is 3.98. The number of benzene rings is 2. The number of nitrogens with zero attached hydrogens (tertiary/aromatic N) is 2. The van der Waals surface area contributed by atoms with Crippen LogP contribution in [-0.4, -0.2) is 53.8 Å². The van der Waals surface area contributed by atoms with E-state index in [1.54, 1.807) is 19.1 Å². The summed E-state index contributed by atoms with van der Waals surface area (Å²) in [6, 6.07) is 13.5. The second-order valence-corrected chi connectivity index (χ2v) is 9.60. The van der Waals surface area contributed by atoms with Gasteiger partial charge in [-0.2, -0.15) is 0 Å². The fourth-order valence-electron chi connectivity index (χ4n) is 3.93. The molecule has 5 nitrogen and oxygen atoms in total. The molecule has 3 rings (SSSR count). The van der Waals surface area contributed by atoms with Crippen LogP contribution in [0.5, 0.6) is 0 Å². The molecule has 6 heteroatoms. The molecule has 1 atom stereocenters. The minimum atomic E-state index is -0.589. The molecule has 2 amide bonds. The van der Waals surface area contributed by atoms with Crippen LogP contribution in [0.15, 0.2) is 48.5 Å². The molecule has 1 saturated heterocycles. The van der Waals surface area contributed by atoms with Gasteiger partial charge in [0.25, 0.3) is 5.91 Å². The van der Waals surface area contributed by atoms with E-state index in [0.29, 0.717) is 18.7 Å². The quantitative estimate of drug-likeness (QED) is 0.767. The minimum absolute atomic E-state index is 0.0234. The summed E-state index contributed by atoms with van der Waals surface area (Å²) in [4.78, 5) is 29.7. The van der Waals surface area contributed by atoms with E-state index in [2.05, 4.69) is 31.0 Å². The number of rotatable bonds is 5. The van der Waals surface area contributed by atoms with Gasteiger partial charge in [0, 0.05) is 38.3 Å². The van der Waals surface area contributed by atoms with Crippen molar-refractivity contribution in [3.63, 3.8) is 0 Å². The third-order valence-electron chi connectivity index (χ3n) is 5.95. The number of amides is 2. The van der Waals surface area contributed by atoms with Crippen LogP contribution in [0, 0.1) is 5.82 Å². The first-order chi connectivity index (χ1) is 15.1. The summed E-state index contributed by atoms with van der Waals surface area (Å²) < 4.78 is 13.1. The van der Waals surface area contributed by atoms with E-state index in [0.717, 1.165) is 37.2 Å². The first-order valence-corrected chi connectivity index (χ1v) is 11.3. The SMILES string of the molecule is CC(NC(=O)c1ccc(C(C)(C)C)cc1)C(=O)N1CCCN(Cc2ccc(F)cc2)CC1. The van der Waals surface area contributed by atoms with E-state index < -0.39 is 6.04 Å². The molecule has 2 aromatic rings. The van der Waals surface area contributed by atoms with Crippen molar-refractivity contribution < 1.29 is 14.0 Å². The summed E-state index contributed by atoms with van der Waals surface area (Å²) >= 11 is 0. The van der Waals surface area contributed by atoms with Gasteiger partial charge in [-0.1, -0.05) is 45.0 Å². The summed E-state index contributed by atoms with van der Waals surface area (Å²) in [5.74, 6) is -0.532. The highest BCUT2D eigenvalue weighted by Crippen LogP contribution is 2.22. The topological polar surface area (TPSA) is 52.7 Å². The van der Waals surface area contributed by atoms with Gasteiger partial charge in [0.05, 0.1) is 0 Å². The largest absolute Gasteiger partial charge is 0.341 e. The summed E-state index contributed by atoms with van der Waals surface area (Å²) in [6.07, 6.45) is 0.863. The van der Waals surface area contributed by atoms with Gasteiger partial charge in [-0.15, -0.1) is 0 Å². The van der Waals surface area contributed by atoms with Gasteiger partial charge >= 0.3 is 0 Å². The lowest BCUT2D eigenvalue weighted by molar-refractivity contribution is -0.132. The van der Waals surface area contributed by atoms with Crippen LogP contribution in [0.4, 0.5) is 4.39 Å². The summed E-state index contributed by atoms with van der Waals surface area (Å²) in [5.41, 5.74) is 2.80. The maximum atomic E-state index is 13.1. The third kappa shape index (κ3) is 6.39. The van der Waals surface area contributed by atoms with Gasteiger partial charge in [-0.3, -0.25) is 14.5 Å². The first-order valence-electron chi connectivity index (χ1n) is 11.3. The molecular weight excluding hydrogens is 405 g/mol. The van der Waals surface area contributed by atoms with Gasteiger partial charge in [0.15, 0.2) is 0 Å². The van der Waals surface area contributed by atoms with Crippen molar-refractivity contribution >= 4 is 11.8 Å². The smallest absolute Gasteiger partial charge is 0.251 e. The zero-order valence-corrected chi connectivity index (χ0v) is 19.5. The van der Waals surface area contributed by atoms with Crippen molar-refractivity contribution in [3.8, 4) is 0 Å². The fraction of sp³-hybridized carbons (Fsp3) is 0.462. The molecule has 1 aliphatic heterocycles. The first kappa shape index (κ1) is 23.9. The Morgan fingerprint density at radius 1 is 0.969 bits per heavy atom. The molecule has 1 N–H and O–H groups in total. The van der Waals surface area contributed by atoms with E-state index >= 15 is 0 Å². The lowest BCUT2D eigenvalue weighted by atomic mass is 9.86. The zero-order valence-electron chi connectivity index (χ0n) is 19.5. The Morgan fingerprint density at radius 2 is 1.62 bits per heavy atom. The zero-order chi connectivity index (χ0) is 23.3. The standard InChI is InChI=1S/C26H34FN3O2/c1-19(28-24(31)21-8-10-22(11-9-21)26(2,3)4)25(32)30-15-5-14-29(16-17-30)18-20-6-12-23(27)13-7-20/h6-13,19H,5,14-18H2,1-4H3,(H,28,31). The van der Waals surface area contributed by atoms with E-state index in [1.807, 2.05) is 29.2 Å². The van der Waals surface area contributed by atoms with Crippen molar-refractivity contribution in [1.29, 1.82) is 0 Å².